The van der Waals surface area contributed by atoms with E-state index in [4.69, 9.17) is 5.11 Å². The molecule has 1 amide bonds. The van der Waals surface area contributed by atoms with Crippen molar-refractivity contribution in [3.05, 3.63) is 21.9 Å². The molecule has 3 rings (SSSR count). The van der Waals surface area contributed by atoms with Crippen molar-refractivity contribution in [1.29, 1.82) is 0 Å². The summed E-state index contributed by atoms with van der Waals surface area (Å²) >= 11 is 1.09. The van der Waals surface area contributed by atoms with Crippen LogP contribution in [0, 0.1) is 5.92 Å². The number of nitrogens with zero attached hydrogens (tertiary/aromatic N) is 1. The Balaban J connectivity index is 1.80. The van der Waals surface area contributed by atoms with Crippen LogP contribution in [0.5, 0.6) is 0 Å². The third-order valence-electron chi connectivity index (χ3n) is 4.28. The van der Waals surface area contributed by atoms with Gasteiger partial charge in [-0.15, -0.1) is 11.3 Å². The molecule has 1 aliphatic heterocycles. The van der Waals surface area contributed by atoms with Crippen LogP contribution in [0.4, 0.5) is 0 Å². The fourth-order valence-electron chi connectivity index (χ4n) is 3.42. The lowest BCUT2D eigenvalue weighted by molar-refractivity contribution is 0.0553. The highest BCUT2D eigenvalue weighted by Crippen LogP contribution is 2.37. The highest BCUT2D eigenvalue weighted by atomic mass is 32.1. The second-order valence-electron chi connectivity index (χ2n) is 5.37. The lowest BCUT2D eigenvalue weighted by Crippen LogP contribution is -2.45. The monoisotopic (exact) mass is 279 g/mol. The second kappa shape index (κ2) is 4.96. The van der Waals surface area contributed by atoms with E-state index < -0.39 is 5.97 Å². The minimum atomic E-state index is -0.957. The fraction of sp³-hybridized carbons (Fsp3) is 0.571. The van der Waals surface area contributed by atoms with Gasteiger partial charge in [0.1, 0.15) is 4.88 Å². The normalized spacial score (nSPS) is 26.2. The summed E-state index contributed by atoms with van der Waals surface area (Å²) in [7, 11) is 0. The van der Waals surface area contributed by atoms with Crippen LogP contribution >= 0.6 is 11.3 Å². The number of piperidine rings is 1. The molecule has 2 fully saturated rings. The molecule has 2 aliphatic rings. The molecule has 0 bridgehead atoms. The van der Waals surface area contributed by atoms with Crippen molar-refractivity contribution in [1.82, 2.24) is 4.90 Å². The van der Waals surface area contributed by atoms with Gasteiger partial charge in [-0.2, -0.15) is 0 Å². The van der Waals surface area contributed by atoms with Gasteiger partial charge in [-0.1, -0.05) is 6.42 Å². The maximum Gasteiger partial charge on any atom is 0.345 e. The third kappa shape index (κ3) is 2.27. The zero-order valence-corrected chi connectivity index (χ0v) is 11.5. The van der Waals surface area contributed by atoms with Crippen LogP contribution in [-0.2, 0) is 0 Å². The van der Waals surface area contributed by atoms with Gasteiger partial charge in [0.25, 0.3) is 5.91 Å². The van der Waals surface area contributed by atoms with Crippen molar-refractivity contribution in [2.75, 3.05) is 6.54 Å². The molecule has 0 radical (unpaired) electrons. The average molecular weight is 279 g/mol. The Morgan fingerprint density at radius 3 is 2.63 bits per heavy atom. The summed E-state index contributed by atoms with van der Waals surface area (Å²) in [6.07, 6.45) is 5.86. The van der Waals surface area contributed by atoms with Crippen molar-refractivity contribution in [2.24, 2.45) is 5.92 Å². The van der Waals surface area contributed by atoms with Gasteiger partial charge in [-0.3, -0.25) is 4.79 Å². The second-order valence-corrected chi connectivity index (χ2v) is 6.45. The third-order valence-corrected chi connectivity index (χ3v) is 5.34. The lowest BCUT2D eigenvalue weighted by atomic mass is 9.92. The van der Waals surface area contributed by atoms with Crippen molar-refractivity contribution < 1.29 is 14.7 Å². The van der Waals surface area contributed by atoms with E-state index in [0.29, 0.717) is 16.8 Å². The Morgan fingerprint density at radius 2 is 1.89 bits per heavy atom. The van der Waals surface area contributed by atoms with Crippen molar-refractivity contribution >= 4 is 23.2 Å². The van der Waals surface area contributed by atoms with Crippen LogP contribution in [0.3, 0.4) is 0 Å². The molecule has 102 valence electrons. The molecular formula is C14H17NO3S. The minimum Gasteiger partial charge on any atom is -0.477 e. The molecule has 0 aromatic carbocycles. The largest absolute Gasteiger partial charge is 0.477 e. The smallest absolute Gasteiger partial charge is 0.345 e. The highest BCUT2D eigenvalue weighted by Gasteiger charge is 2.37. The first kappa shape index (κ1) is 12.7. The van der Waals surface area contributed by atoms with Gasteiger partial charge in [0, 0.05) is 12.6 Å². The SMILES string of the molecule is O=C(O)c1ccc(C(=O)N2CCCC3CCCC32)s1. The summed E-state index contributed by atoms with van der Waals surface area (Å²) in [6.45, 7) is 0.820. The topological polar surface area (TPSA) is 57.6 Å². The Bertz CT molecular complexity index is 511. The molecular weight excluding hydrogens is 262 g/mol. The maximum atomic E-state index is 12.5. The maximum absolute atomic E-state index is 12.5. The van der Waals surface area contributed by atoms with Crippen LogP contribution in [0.25, 0.3) is 0 Å². The number of carbonyl (C=O) groups excluding carboxylic acids is 1. The lowest BCUT2D eigenvalue weighted by Gasteiger charge is -2.37. The fourth-order valence-corrected chi connectivity index (χ4v) is 4.22. The predicted molar refractivity (Wildman–Crippen MR) is 72.7 cm³/mol. The van der Waals surface area contributed by atoms with Crippen LogP contribution in [0.2, 0.25) is 0 Å². The Kier molecular flexibility index (Phi) is 3.31. The highest BCUT2D eigenvalue weighted by molar-refractivity contribution is 7.15. The Labute approximate surface area is 116 Å². The summed E-state index contributed by atoms with van der Waals surface area (Å²) in [6, 6.07) is 3.56. The van der Waals surface area contributed by atoms with E-state index >= 15 is 0 Å². The number of carboxylic acids is 1. The number of thiophene rings is 1. The zero-order valence-electron chi connectivity index (χ0n) is 10.7. The summed E-state index contributed by atoms with van der Waals surface area (Å²) in [5.74, 6) is -0.271. The molecule has 1 aromatic heterocycles. The van der Waals surface area contributed by atoms with E-state index in [1.807, 2.05) is 4.90 Å². The van der Waals surface area contributed by atoms with Gasteiger partial charge in [0.05, 0.1) is 4.88 Å². The minimum absolute atomic E-state index is 0.0223. The first-order chi connectivity index (χ1) is 9.16. The van der Waals surface area contributed by atoms with Crippen molar-refractivity contribution in [3.8, 4) is 0 Å². The summed E-state index contributed by atoms with van der Waals surface area (Å²) in [5, 5.41) is 8.93. The van der Waals surface area contributed by atoms with E-state index in [1.54, 1.807) is 6.07 Å². The zero-order chi connectivity index (χ0) is 13.4. The number of hydrogen-bond donors (Lipinski definition) is 1. The first-order valence-electron chi connectivity index (χ1n) is 6.81. The number of fused-ring (bicyclic) bond motifs is 1. The molecule has 2 heterocycles. The number of aromatic carboxylic acids is 1. The van der Waals surface area contributed by atoms with Crippen molar-refractivity contribution in [3.63, 3.8) is 0 Å². The average Bonchev–Trinajstić information content (AvgIpc) is 3.06. The quantitative estimate of drug-likeness (QED) is 0.905. The van der Waals surface area contributed by atoms with Gasteiger partial charge in [0.15, 0.2) is 0 Å². The van der Waals surface area contributed by atoms with E-state index in [0.717, 1.165) is 30.7 Å². The Morgan fingerprint density at radius 1 is 1.16 bits per heavy atom. The summed E-state index contributed by atoms with van der Waals surface area (Å²) in [4.78, 5) is 26.2. The molecule has 2 atom stereocenters. The number of likely N-dealkylation sites (tertiary alicyclic amines) is 1. The van der Waals surface area contributed by atoms with E-state index in [1.165, 1.54) is 25.3 Å². The molecule has 1 N–H and O–H groups in total. The Hall–Kier alpha value is -1.36. The number of hydrogen-bond acceptors (Lipinski definition) is 3. The molecule has 5 heteroatoms. The van der Waals surface area contributed by atoms with Gasteiger partial charge in [-0.05, 0) is 43.7 Å². The predicted octanol–water partition coefficient (Wildman–Crippen LogP) is 2.85. The van der Waals surface area contributed by atoms with Crippen LogP contribution < -0.4 is 0 Å². The van der Waals surface area contributed by atoms with Gasteiger partial charge < -0.3 is 10.0 Å². The molecule has 19 heavy (non-hydrogen) atoms. The number of amides is 1. The van der Waals surface area contributed by atoms with Crippen LogP contribution in [-0.4, -0.2) is 34.5 Å². The molecule has 1 saturated carbocycles. The number of carbonyl (C=O) groups is 2. The van der Waals surface area contributed by atoms with E-state index in [-0.39, 0.29) is 10.8 Å². The van der Waals surface area contributed by atoms with Gasteiger partial charge in [-0.25, -0.2) is 4.79 Å². The standard InChI is InChI=1S/C14H17NO3S/c16-13(11-6-7-12(19-11)14(17)18)15-8-2-4-9-3-1-5-10(9)15/h6-7,9-10H,1-5,8H2,(H,17,18). The molecule has 2 unspecified atom stereocenters. The molecule has 1 aromatic rings. The van der Waals surface area contributed by atoms with Gasteiger partial charge in [0.2, 0.25) is 0 Å². The molecule has 4 nitrogen and oxygen atoms in total. The van der Waals surface area contributed by atoms with E-state index in [9.17, 15) is 9.59 Å². The molecule has 1 aliphatic carbocycles. The number of carboxylic acid groups (broad SMARTS) is 1. The van der Waals surface area contributed by atoms with E-state index in [2.05, 4.69) is 0 Å². The summed E-state index contributed by atoms with van der Waals surface area (Å²) in [5.41, 5.74) is 0. The summed E-state index contributed by atoms with van der Waals surface area (Å²) < 4.78 is 0. The molecule has 0 spiro atoms. The first-order valence-corrected chi connectivity index (χ1v) is 7.62. The van der Waals surface area contributed by atoms with Crippen LogP contribution in [0.1, 0.15) is 51.4 Å². The number of rotatable bonds is 2. The molecule has 1 saturated heterocycles. The van der Waals surface area contributed by atoms with Gasteiger partial charge >= 0.3 is 5.97 Å². The van der Waals surface area contributed by atoms with Crippen LogP contribution in [0.15, 0.2) is 12.1 Å². The van der Waals surface area contributed by atoms with Crippen molar-refractivity contribution in [2.45, 2.75) is 38.1 Å².